The van der Waals surface area contributed by atoms with E-state index in [-0.39, 0.29) is 0 Å². The van der Waals surface area contributed by atoms with Gasteiger partial charge in [0.05, 0.1) is 13.2 Å². The second-order valence-corrected chi connectivity index (χ2v) is 4.55. The van der Waals surface area contributed by atoms with Crippen molar-refractivity contribution in [3.63, 3.8) is 0 Å². The predicted molar refractivity (Wildman–Crippen MR) is 60.9 cm³/mol. The first kappa shape index (κ1) is 9.04. The van der Waals surface area contributed by atoms with Crippen molar-refractivity contribution in [2.75, 3.05) is 36.9 Å². The van der Waals surface area contributed by atoms with Crippen LogP contribution in [0.5, 0.6) is 0 Å². The van der Waals surface area contributed by atoms with E-state index < -0.39 is 0 Å². The summed E-state index contributed by atoms with van der Waals surface area (Å²) in [7, 11) is 0. The lowest BCUT2D eigenvalue weighted by Crippen LogP contribution is -2.21. The molecule has 2 atom stereocenters. The Hall–Kier alpha value is -1.22. The Balaban J connectivity index is 1.76. The number of hydrogen-bond acceptors (Lipinski definition) is 3. The fraction of sp³-hybridized carbons (Fsp3) is 0.500. The number of fused-ring (bicyclic) bond motifs is 1. The highest BCUT2D eigenvalue weighted by Crippen LogP contribution is 2.32. The van der Waals surface area contributed by atoms with E-state index in [0.29, 0.717) is 0 Å². The topological polar surface area (TPSA) is 38.5 Å². The Morgan fingerprint density at radius 3 is 2.27 bits per heavy atom. The van der Waals surface area contributed by atoms with Gasteiger partial charge in [0, 0.05) is 36.3 Å². The molecule has 0 saturated carbocycles. The van der Waals surface area contributed by atoms with Crippen LogP contribution >= 0.6 is 0 Å². The lowest BCUT2D eigenvalue weighted by Gasteiger charge is -2.19. The van der Waals surface area contributed by atoms with E-state index in [4.69, 9.17) is 10.5 Å². The maximum atomic E-state index is 5.68. The van der Waals surface area contributed by atoms with Gasteiger partial charge in [-0.3, -0.25) is 0 Å². The van der Waals surface area contributed by atoms with E-state index in [1.165, 1.54) is 5.69 Å². The third kappa shape index (κ3) is 1.57. The molecule has 2 N–H and O–H groups in total. The molecule has 0 unspecified atom stereocenters. The van der Waals surface area contributed by atoms with Gasteiger partial charge in [0.25, 0.3) is 0 Å². The van der Waals surface area contributed by atoms with Gasteiger partial charge in [-0.25, -0.2) is 0 Å². The van der Waals surface area contributed by atoms with E-state index in [0.717, 1.165) is 43.8 Å². The van der Waals surface area contributed by atoms with Crippen molar-refractivity contribution in [3.8, 4) is 0 Å². The van der Waals surface area contributed by atoms with Gasteiger partial charge in [-0.05, 0) is 24.3 Å². The van der Waals surface area contributed by atoms with Crippen molar-refractivity contribution in [1.29, 1.82) is 0 Å². The lowest BCUT2D eigenvalue weighted by molar-refractivity contribution is 0.177. The van der Waals surface area contributed by atoms with Crippen LogP contribution in [0.3, 0.4) is 0 Å². The van der Waals surface area contributed by atoms with Crippen LogP contribution in [0.2, 0.25) is 0 Å². The molecule has 0 aromatic heterocycles. The molecule has 3 rings (SSSR count). The molecule has 2 heterocycles. The number of benzene rings is 1. The van der Waals surface area contributed by atoms with Gasteiger partial charge >= 0.3 is 0 Å². The molecule has 2 aliphatic heterocycles. The first-order valence-electron chi connectivity index (χ1n) is 5.51. The summed E-state index contributed by atoms with van der Waals surface area (Å²) in [4.78, 5) is 2.44. The van der Waals surface area contributed by atoms with Gasteiger partial charge in [0.2, 0.25) is 0 Å². The number of ether oxygens (including phenoxy) is 1. The predicted octanol–water partition coefficient (Wildman–Crippen LogP) is 1.35. The zero-order valence-electron chi connectivity index (χ0n) is 8.73. The fourth-order valence-electron chi connectivity index (χ4n) is 2.58. The minimum atomic E-state index is 0.738. The summed E-state index contributed by atoms with van der Waals surface area (Å²) >= 11 is 0. The molecule has 0 bridgehead atoms. The van der Waals surface area contributed by atoms with Gasteiger partial charge < -0.3 is 15.4 Å². The molecule has 15 heavy (non-hydrogen) atoms. The zero-order chi connectivity index (χ0) is 10.3. The Bertz CT molecular complexity index is 337. The molecule has 1 aromatic rings. The lowest BCUT2D eigenvalue weighted by atomic mass is 10.0. The first-order valence-corrected chi connectivity index (χ1v) is 5.51. The molecule has 2 aliphatic rings. The smallest absolute Gasteiger partial charge is 0.0515 e. The number of nitrogens with two attached hydrogens (primary N) is 1. The Morgan fingerprint density at radius 2 is 1.67 bits per heavy atom. The number of rotatable bonds is 1. The summed E-state index contributed by atoms with van der Waals surface area (Å²) in [6.07, 6.45) is 0. The summed E-state index contributed by atoms with van der Waals surface area (Å²) < 4.78 is 5.47. The van der Waals surface area contributed by atoms with Gasteiger partial charge in [-0.1, -0.05) is 0 Å². The fourth-order valence-corrected chi connectivity index (χ4v) is 2.58. The second kappa shape index (κ2) is 3.42. The normalized spacial score (nSPS) is 29.5. The molecular weight excluding hydrogens is 188 g/mol. The minimum Gasteiger partial charge on any atom is -0.399 e. The maximum absolute atomic E-state index is 5.68. The standard InChI is InChI=1S/C12H16N2O/c13-11-1-3-12(4-2-11)14-5-9-7-15-8-10(9)6-14/h1-4,9-10H,5-8,13H2/t9-,10-/m1/s1. The monoisotopic (exact) mass is 204 g/mol. The molecular formula is C12H16N2O. The van der Waals surface area contributed by atoms with E-state index in [2.05, 4.69) is 17.0 Å². The highest BCUT2D eigenvalue weighted by atomic mass is 16.5. The number of anilines is 2. The number of nitrogens with zero attached hydrogens (tertiary/aromatic N) is 1. The third-order valence-corrected chi connectivity index (χ3v) is 3.50. The van der Waals surface area contributed by atoms with Crippen molar-refractivity contribution in [2.24, 2.45) is 11.8 Å². The van der Waals surface area contributed by atoms with Gasteiger partial charge in [0.1, 0.15) is 0 Å². The Kier molecular flexibility index (Phi) is 2.06. The quantitative estimate of drug-likeness (QED) is 0.702. The Morgan fingerprint density at radius 1 is 1.07 bits per heavy atom. The average Bonchev–Trinajstić information content (AvgIpc) is 2.78. The molecule has 0 radical (unpaired) electrons. The molecule has 80 valence electrons. The molecule has 2 saturated heterocycles. The van der Waals surface area contributed by atoms with Crippen molar-refractivity contribution >= 4 is 11.4 Å². The van der Waals surface area contributed by atoms with Crippen LogP contribution in [-0.2, 0) is 4.74 Å². The number of nitrogen functional groups attached to an aromatic ring is 1. The summed E-state index contributed by atoms with van der Waals surface area (Å²) in [5.74, 6) is 1.48. The summed E-state index contributed by atoms with van der Waals surface area (Å²) in [5, 5.41) is 0. The van der Waals surface area contributed by atoms with Crippen LogP contribution in [0.1, 0.15) is 0 Å². The zero-order valence-corrected chi connectivity index (χ0v) is 8.73. The molecule has 3 nitrogen and oxygen atoms in total. The van der Waals surface area contributed by atoms with E-state index in [1.54, 1.807) is 0 Å². The largest absolute Gasteiger partial charge is 0.399 e. The van der Waals surface area contributed by atoms with Crippen molar-refractivity contribution in [1.82, 2.24) is 0 Å². The van der Waals surface area contributed by atoms with Gasteiger partial charge in [-0.15, -0.1) is 0 Å². The summed E-state index contributed by atoms with van der Waals surface area (Å²) in [6, 6.07) is 8.16. The van der Waals surface area contributed by atoms with Crippen LogP contribution in [0, 0.1) is 11.8 Å². The van der Waals surface area contributed by atoms with E-state index >= 15 is 0 Å². The molecule has 0 amide bonds. The molecule has 0 spiro atoms. The van der Waals surface area contributed by atoms with Crippen molar-refractivity contribution in [3.05, 3.63) is 24.3 Å². The average molecular weight is 204 g/mol. The van der Waals surface area contributed by atoms with Crippen LogP contribution in [0.25, 0.3) is 0 Å². The molecule has 1 aromatic carbocycles. The Labute approximate surface area is 89.8 Å². The summed E-state index contributed by atoms with van der Waals surface area (Å²) in [5.41, 5.74) is 7.80. The third-order valence-electron chi connectivity index (χ3n) is 3.50. The minimum absolute atomic E-state index is 0.738. The van der Waals surface area contributed by atoms with Crippen molar-refractivity contribution < 1.29 is 4.74 Å². The maximum Gasteiger partial charge on any atom is 0.0515 e. The van der Waals surface area contributed by atoms with Crippen molar-refractivity contribution in [2.45, 2.75) is 0 Å². The van der Waals surface area contributed by atoms with Gasteiger partial charge in [0.15, 0.2) is 0 Å². The van der Waals surface area contributed by atoms with Gasteiger partial charge in [-0.2, -0.15) is 0 Å². The highest BCUT2D eigenvalue weighted by Gasteiger charge is 2.36. The molecule has 0 aliphatic carbocycles. The molecule has 2 fully saturated rings. The van der Waals surface area contributed by atoms with Crippen LogP contribution in [0.15, 0.2) is 24.3 Å². The first-order chi connectivity index (χ1) is 7.33. The van der Waals surface area contributed by atoms with E-state index in [1.807, 2.05) is 12.1 Å². The molecule has 3 heteroatoms. The van der Waals surface area contributed by atoms with Crippen LogP contribution in [-0.4, -0.2) is 26.3 Å². The van der Waals surface area contributed by atoms with E-state index in [9.17, 15) is 0 Å². The van der Waals surface area contributed by atoms with Crippen LogP contribution in [0.4, 0.5) is 11.4 Å². The summed E-state index contributed by atoms with van der Waals surface area (Å²) in [6.45, 7) is 4.15. The SMILES string of the molecule is Nc1ccc(N2C[C@@H]3COC[C@H]3C2)cc1. The number of hydrogen-bond donors (Lipinski definition) is 1. The second-order valence-electron chi connectivity index (χ2n) is 4.55. The highest BCUT2D eigenvalue weighted by molar-refractivity contribution is 5.53. The van der Waals surface area contributed by atoms with Crippen LogP contribution < -0.4 is 10.6 Å².